The molecule has 0 fully saturated rings. The topological polar surface area (TPSA) is 64.6 Å². The van der Waals surface area contributed by atoms with Crippen molar-refractivity contribution in [2.24, 2.45) is 0 Å². The summed E-state index contributed by atoms with van der Waals surface area (Å²) < 4.78 is 10.2. The van der Waals surface area contributed by atoms with Gasteiger partial charge in [0.15, 0.2) is 13.2 Å². The first kappa shape index (κ1) is 18.3. The second kappa shape index (κ2) is 9.30. The van der Waals surface area contributed by atoms with Gasteiger partial charge in [-0.05, 0) is 48.6 Å². The number of benzene rings is 1. The van der Waals surface area contributed by atoms with Crippen molar-refractivity contribution >= 4 is 34.8 Å². The third kappa shape index (κ3) is 6.22. The quantitative estimate of drug-likeness (QED) is 0.728. The van der Waals surface area contributed by atoms with Gasteiger partial charge < -0.3 is 14.8 Å². The zero-order valence-electron chi connectivity index (χ0n) is 13.2. The van der Waals surface area contributed by atoms with E-state index >= 15 is 0 Å². The van der Waals surface area contributed by atoms with Crippen LogP contribution in [-0.2, 0) is 20.7 Å². The fraction of sp³-hybridized carbons (Fsp3) is 0.294. The Bertz CT molecular complexity index is 688. The highest BCUT2D eigenvalue weighted by molar-refractivity contribution is 7.09. The van der Waals surface area contributed by atoms with Crippen LogP contribution in [0.4, 0.5) is 0 Å². The molecule has 2 aromatic rings. The maximum Gasteiger partial charge on any atom is 0.344 e. The summed E-state index contributed by atoms with van der Waals surface area (Å²) in [7, 11) is 0. The monoisotopic (exact) mass is 367 g/mol. The lowest BCUT2D eigenvalue weighted by atomic mass is 10.2. The van der Waals surface area contributed by atoms with E-state index in [4.69, 9.17) is 21.1 Å². The van der Waals surface area contributed by atoms with Crippen molar-refractivity contribution in [1.82, 2.24) is 5.32 Å². The van der Waals surface area contributed by atoms with E-state index in [2.05, 4.69) is 5.32 Å². The lowest BCUT2D eigenvalue weighted by Crippen LogP contribution is -2.31. The Labute approximate surface area is 149 Å². The maximum absolute atomic E-state index is 11.6. The zero-order valence-corrected chi connectivity index (χ0v) is 14.8. The molecule has 0 atom stereocenters. The number of halogens is 1. The van der Waals surface area contributed by atoms with E-state index in [1.807, 2.05) is 24.4 Å². The Balaban J connectivity index is 1.61. The lowest BCUT2D eigenvalue weighted by molar-refractivity contribution is -0.150. The molecule has 1 amide bonds. The summed E-state index contributed by atoms with van der Waals surface area (Å²) in [5.41, 5.74) is 0.854. The summed E-state index contributed by atoms with van der Waals surface area (Å²) in [6.45, 7) is 1.78. The molecule has 1 N–H and O–H groups in total. The number of ether oxygens (including phenoxy) is 2. The van der Waals surface area contributed by atoms with Crippen LogP contribution in [0.3, 0.4) is 0 Å². The molecule has 7 heteroatoms. The standard InChI is InChI=1S/C17H18ClNO4S/c1-12-9-13(4-5-15(12)18)22-11-17(21)23-10-16(20)19-7-6-14-3-2-8-24-14/h2-5,8-9H,6-7,10-11H2,1H3,(H,19,20). The van der Waals surface area contributed by atoms with E-state index in [0.29, 0.717) is 17.3 Å². The van der Waals surface area contributed by atoms with Crippen LogP contribution >= 0.6 is 22.9 Å². The first-order valence-corrected chi connectivity index (χ1v) is 8.64. The average Bonchev–Trinajstić information content (AvgIpc) is 3.07. The van der Waals surface area contributed by atoms with Gasteiger partial charge in [-0.15, -0.1) is 11.3 Å². The van der Waals surface area contributed by atoms with Crippen LogP contribution < -0.4 is 10.1 Å². The number of hydrogen-bond acceptors (Lipinski definition) is 5. The third-order valence-corrected chi connectivity index (χ3v) is 4.48. The van der Waals surface area contributed by atoms with Gasteiger partial charge in [-0.25, -0.2) is 4.79 Å². The first-order chi connectivity index (χ1) is 11.5. The minimum atomic E-state index is -0.601. The van der Waals surface area contributed by atoms with Gasteiger partial charge >= 0.3 is 5.97 Å². The number of rotatable bonds is 8. The highest BCUT2D eigenvalue weighted by Crippen LogP contribution is 2.20. The highest BCUT2D eigenvalue weighted by atomic mass is 35.5. The summed E-state index contributed by atoms with van der Waals surface area (Å²) >= 11 is 7.55. The second-order valence-electron chi connectivity index (χ2n) is 5.04. The predicted octanol–water partition coefficient (Wildman–Crippen LogP) is 2.99. The number of carbonyl (C=O) groups is 2. The maximum atomic E-state index is 11.6. The molecule has 0 aliphatic carbocycles. The van der Waals surface area contributed by atoms with Crippen molar-refractivity contribution in [3.8, 4) is 5.75 Å². The van der Waals surface area contributed by atoms with Gasteiger partial charge in [0.25, 0.3) is 5.91 Å². The van der Waals surface area contributed by atoms with Gasteiger partial charge in [0, 0.05) is 16.4 Å². The molecule has 0 unspecified atom stereocenters. The molecule has 128 valence electrons. The molecule has 0 radical (unpaired) electrons. The number of carbonyl (C=O) groups excluding carboxylic acids is 2. The molecule has 1 aromatic carbocycles. The summed E-state index contributed by atoms with van der Waals surface area (Å²) in [5, 5.41) is 5.31. The van der Waals surface area contributed by atoms with Gasteiger partial charge in [0.05, 0.1) is 0 Å². The van der Waals surface area contributed by atoms with Crippen molar-refractivity contribution in [3.05, 3.63) is 51.2 Å². The van der Waals surface area contributed by atoms with Gasteiger partial charge in [0.1, 0.15) is 5.75 Å². The molecular weight excluding hydrogens is 350 g/mol. The zero-order chi connectivity index (χ0) is 17.4. The number of hydrogen-bond donors (Lipinski definition) is 1. The highest BCUT2D eigenvalue weighted by Gasteiger charge is 2.09. The molecular formula is C17H18ClNO4S. The van der Waals surface area contributed by atoms with Crippen LogP contribution in [0.25, 0.3) is 0 Å². The van der Waals surface area contributed by atoms with Crippen molar-refractivity contribution in [2.75, 3.05) is 19.8 Å². The minimum Gasteiger partial charge on any atom is -0.482 e. The molecule has 0 saturated carbocycles. The lowest BCUT2D eigenvalue weighted by Gasteiger charge is -2.08. The van der Waals surface area contributed by atoms with Gasteiger partial charge in [-0.2, -0.15) is 0 Å². The fourth-order valence-corrected chi connectivity index (χ4v) is 2.69. The van der Waals surface area contributed by atoms with E-state index in [1.54, 1.807) is 29.5 Å². The third-order valence-electron chi connectivity index (χ3n) is 3.12. The molecule has 0 bridgehead atoms. The van der Waals surface area contributed by atoms with Crippen molar-refractivity contribution in [1.29, 1.82) is 0 Å². The van der Waals surface area contributed by atoms with E-state index in [0.717, 1.165) is 12.0 Å². The smallest absolute Gasteiger partial charge is 0.344 e. The Kier molecular flexibility index (Phi) is 7.08. The molecule has 5 nitrogen and oxygen atoms in total. The van der Waals surface area contributed by atoms with Gasteiger partial charge in [-0.3, -0.25) is 4.79 Å². The van der Waals surface area contributed by atoms with Crippen LogP contribution in [0, 0.1) is 6.92 Å². The Morgan fingerprint density at radius 1 is 1.25 bits per heavy atom. The molecule has 0 spiro atoms. The van der Waals surface area contributed by atoms with Crippen molar-refractivity contribution < 1.29 is 19.1 Å². The van der Waals surface area contributed by atoms with Crippen LogP contribution in [0.15, 0.2) is 35.7 Å². The number of aryl methyl sites for hydroxylation is 1. The SMILES string of the molecule is Cc1cc(OCC(=O)OCC(=O)NCCc2cccs2)ccc1Cl. The molecule has 0 aliphatic heterocycles. The predicted molar refractivity (Wildman–Crippen MR) is 93.7 cm³/mol. The second-order valence-corrected chi connectivity index (χ2v) is 6.48. The largest absolute Gasteiger partial charge is 0.482 e. The first-order valence-electron chi connectivity index (χ1n) is 7.38. The number of thiophene rings is 1. The fourth-order valence-electron chi connectivity index (χ4n) is 1.87. The normalized spacial score (nSPS) is 10.2. The van der Waals surface area contributed by atoms with Crippen LogP contribution in [0.5, 0.6) is 5.75 Å². The summed E-state index contributed by atoms with van der Waals surface area (Å²) in [6, 6.07) is 9.06. The molecule has 1 heterocycles. The number of nitrogens with one attached hydrogen (secondary N) is 1. The minimum absolute atomic E-state index is 0.260. The number of esters is 1. The summed E-state index contributed by atoms with van der Waals surface area (Å²) in [5.74, 6) is -0.410. The molecule has 1 aromatic heterocycles. The van der Waals surface area contributed by atoms with Crippen LogP contribution in [-0.4, -0.2) is 31.6 Å². The van der Waals surface area contributed by atoms with Crippen molar-refractivity contribution in [2.45, 2.75) is 13.3 Å². The van der Waals surface area contributed by atoms with Crippen molar-refractivity contribution in [3.63, 3.8) is 0 Å². The number of amides is 1. The molecule has 0 saturated heterocycles. The average molecular weight is 368 g/mol. The Morgan fingerprint density at radius 3 is 2.79 bits per heavy atom. The van der Waals surface area contributed by atoms with Crippen LogP contribution in [0.1, 0.15) is 10.4 Å². The Hall–Kier alpha value is -2.05. The molecule has 0 aliphatic rings. The van der Waals surface area contributed by atoms with Gasteiger partial charge in [-0.1, -0.05) is 17.7 Å². The van der Waals surface area contributed by atoms with E-state index < -0.39 is 5.97 Å². The van der Waals surface area contributed by atoms with Gasteiger partial charge in [0.2, 0.25) is 0 Å². The summed E-state index contributed by atoms with van der Waals surface area (Å²) in [4.78, 5) is 24.4. The van der Waals surface area contributed by atoms with E-state index in [-0.39, 0.29) is 19.1 Å². The van der Waals surface area contributed by atoms with Crippen LogP contribution in [0.2, 0.25) is 5.02 Å². The molecule has 24 heavy (non-hydrogen) atoms. The Morgan fingerprint density at radius 2 is 2.08 bits per heavy atom. The summed E-state index contributed by atoms with van der Waals surface area (Å²) in [6.07, 6.45) is 0.760. The van der Waals surface area contributed by atoms with E-state index in [9.17, 15) is 9.59 Å². The van der Waals surface area contributed by atoms with E-state index in [1.165, 1.54) is 4.88 Å². The molecule has 2 rings (SSSR count).